The van der Waals surface area contributed by atoms with Gasteiger partial charge in [-0.05, 0) is 25.8 Å². The maximum atomic E-state index is 9.61. The summed E-state index contributed by atoms with van der Waals surface area (Å²) in [6.07, 6.45) is 0.887. The van der Waals surface area contributed by atoms with Crippen molar-refractivity contribution in [3.05, 3.63) is 35.9 Å². The molecule has 1 aliphatic rings. The second-order valence-electron chi connectivity index (χ2n) is 4.61. The molecule has 1 aromatic rings. The molecule has 0 amide bonds. The lowest BCUT2D eigenvalue weighted by atomic mass is 9.91. The summed E-state index contributed by atoms with van der Waals surface area (Å²) in [5.74, 6) is 0. The number of rotatable bonds is 1. The van der Waals surface area contributed by atoms with Gasteiger partial charge < -0.3 is 9.94 Å². The van der Waals surface area contributed by atoms with E-state index in [4.69, 9.17) is 4.74 Å². The van der Waals surface area contributed by atoms with Crippen LogP contribution in [0, 0.1) is 0 Å². The summed E-state index contributed by atoms with van der Waals surface area (Å²) in [4.78, 5) is 0. The zero-order chi connectivity index (χ0) is 10.9. The van der Waals surface area contributed by atoms with Gasteiger partial charge in [-0.2, -0.15) is 5.06 Å². The first-order chi connectivity index (χ1) is 7.09. The van der Waals surface area contributed by atoms with Gasteiger partial charge in [0.1, 0.15) is 6.73 Å². The Morgan fingerprint density at radius 2 is 2.00 bits per heavy atom. The van der Waals surface area contributed by atoms with Crippen LogP contribution in [0.15, 0.2) is 30.3 Å². The molecule has 1 saturated heterocycles. The Kier molecular flexibility index (Phi) is 2.78. The summed E-state index contributed by atoms with van der Waals surface area (Å²) in [6, 6.07) is 10.1. The van der Waals surface area contributed by atoms with Crippen LogP contribution in [0.25, 0.3) is 0 Å². The van der Waals surface area contributed by atoms with E-state index < -0.39 is 0 Å². The van der Waals surface area contributed by atoms with Crippen molar-refractivity contribution in [3.8, 4) is 0 Å². The fraction of sp³-hybridized carbons (Fsp3) is 0.500. The van der Waals surface area contributed by atoms with Gasteiger partial charge in [0.2, 0.25) is 0 Å². The minimum Gasteiger partial charge on any atom is -0.356 e. The maximum absolute atomic E-state index is 9.61. The SMILES string of the molecule is CC1(C)C[C@@H](c2ccccc2)OCN1O. The van der Waals surface area contributed by atoms with Gasteiger partial charge in [-0.3, -0.25) is 0 Å². The van der Waals surface area contributed by atoms with Crippen molar-refractivity contribution in [1.29, 1.82) is 0 Å². The van der Waals surface area contributed by atoms with E-state index in [0.29, 0.717) is 0 Å². The summed E-state index contributed by atoms with van der Waals surface area (Å²) in [7, 11) is 0. The van der Waals surface area contributed by atoms with Crippen molar-refractivity contribution in [2.75, 3.05) is 6.73 Å². The minimum absolute atomic E-state index is 0.0876. The predicted octanol–water partition coefficient (Wildman–Crippen LogP) is 2.58. The molecule has 0 aromatic heterocycles. The summed E-state index contributed by atoms with van der Waals surface area (Å²) >= 11 is 0. The molecular formula is C12H17NO2. The molecule has 0 radical (unpaired) electrons. The van der Waals surface area contributed by atoms with E-state index in [0.717, 1.165) is 6.42 Å². The molecule has 3 nitrogen and oxygen atoms in total. The highest BCUT2D eigenvalue weighted by Gasteiger charge is 2.35. The summed E-state index contributed by atoms with van der Waals surface area (Å²) in [6.45, 7) is 4.31. The van der Waals surface area contributed by atoms with Crippen LogP contribution in [-0.2, 0) is 4.74 Å². The van der Waals surface area contributed by atoms with Gasteiger partial charge in [0.15, 0.2) is 0 Å². The highest BCUT2D eigenvalue weighted by atomic mass is 16.6. The molecule has 0 aliphatic carbocycles. The van der Waals surface area contributed by atoms with Gasteiger partial charge in [-0.25, -0.2) is 0 Å². The summed E-state index contributed by atoms with van der Waals surface area (Å²) < 4.78 is 5.59. The van der Waals surface area contributed by atoms with Crippen LogP contribution >= 0.6 is 0 Å². The fourth-order valence-electron chi connectivity index (χ4n) is 1.84. The van der Waals surface area contributed by atoms with E-state index in [1.807, 2.05) is 32.0 Å². The molecule has 0 unspecified atom stereocenters. The van der Waals surface area contributed by atoms with Crippen LogP contribution in [0.4, 0.5) is 0 Å². The van der Waals surface area contributed by atoms with Crippen molar-refractivity contribution in [2.24, 2.45) is 0 Å². The van der Waals surface area contributed by atoms with Gasteiger partial charge in [-0.1, -0.05) is 30.3 Å². The number of hydrogen-bond donors (Lipinski definition) is 1. The normalized spacial score (nSPS) is 26.5. The number of nitrogens with zero attached hydrogens (tertiary/aromatic N) is 1. The molecule has 0 spiro atoms. The Labute approximate surface area is 90.2 Å². The topological polar surface area (TPSA) is 32.7 Å². The molecule has 82 valence electrons. The van der Waals surface area contributed by atoms with E-state index in [1.165, 1.54) is 10.6 Å². The first-order valence-corrected chi connectivity index (χ1v) is 5.23. The Balaban J connectivity index is 2.14. The van der Waals surface area contributed by atoms with Crippen LogP contribution in [0.2, 0.25) is 0 Å². The van der Waals surface area contributed by atoms with Crippen LogP contribution < -0.4 is 0 Å². The minimum atomic E-state index is -0.223. The van der Waals surface area contributed by atoms with Gasteiger partial charge in [-0.15, -0.1) is 0 Å². The van der Waals surface area contributed by atoms with E-state index in [1.54, 1.807) is 0 Å². The molecule has 0 saturated carbocycles. The molecule has 1 aliphatic heterocycles. The van der Waals surface area contributed by atoms with Gasteiger partial charge in [0.05, 0.1) is 6.10 Å². The van der Waals surface area contributed by atoms with Crippen LogP contribution in [0.3, 0.4) is 0 Å². The highest BCUT2D eigenvalue weighted by Crippen LogP contribution is 2.34. The third-order valence-electron chi connectivity index (χ3n) is 2.95. The second kappa shape index (κ2) is 3.93. The smallest absolute Gasteiger partial charge is 0.123 e. The number of benzene rings is 1. The van der Waals surface area contributed by atoms with Crippen molar-refractivity contribution in [2.45, 2.75) is 31.9 Å². The average molecular weight is 207 g/mol. The Bertz CT molecular complexity index is 324. The molecule has 3 heteroatoms. The van der Waals surface area contributed by atoms with E-state index in [-0.39, 0.29) is 18.4 Å². The number of ether oxygens (including phenoxy) is 1. The fourth-order valence-corrected chi connectivity index (χ4v) is 1.84. The third-order valence-corrected chi connectivity index (χ3v) is 2.95. The predicted molar refractivity (Wildman–Crippen MR) is 57.5 cm³/mol. The summed E-state index contributed by atoms with van der Waals surface area (Å²) in [5.41, 5.74) is 0.956. The Hall–Kier alpha value is -0.900. The average Bonchev–Trinajstić information content (AvgIpc) is 2.23. The van der Waals surface area contributed by atoms with Crippen LogP contribution in [0.5, 0.6) is 0 Å². The number of hydrogen-bond acceptors (Lipinski definition) is 3. The largest absolute Gasteiger partial charge is 0.356 e. The maximum Gasteiger partial charge on any atom is 0.123 e. The highest BCUT2D eigenvalue weighted by molar-refractivity contribution is 5.18. The first kappa shape index (κ1) is 10.6. The van der Waals surface area contributed by atoms with E-state index in [9.17, 15) is 5.21 Å². The first-order valence-electron chi connectivity index (χ1n) is 5.23. The third kappa shape index (κ3) is 2.20. The molecule has 1 aromatic carbocycles. The van der Waals surface area contributed by atoms with Crippen molar-refractivity contribution in [3.63, 3.8) is 0 Å². The van der Waals surface area contributed by atoms with Gasteiger partial charge in [0, 0.05) is 5.54 Å². The lowest BCUT2D eigenvalue weighted by Crippen LogP contribution is -2.48. The summed E-state index contributed by atoms with van der Waals surface area (Å²) in [5, 5.41) is 10.9. The zero-order valence-corrected chi connectivity index (χ0v) is 9.18. The molecule has 2 rings (SSSR count). The van der Waals surface area contributed by atoms with Crippen molar-refractivity contribution in [1.82, 2.24) is 5.06 Å². The zero-order valence-electron chi connectivity index (χ0n) is 9.18. The molecular weight excluding hydrogens is 190 g/mol. The van der Waals surface area contributed by atoms with Crippen molar-refractivity contribution >= 4 is 0 Å². The monoisotopic (exact) mass is 207 g/mol. The van der Waals surface area contributed by atoms with E-state index >= 15 is 0 Å². The molecule has 15 heavy (non-hydrogen) atoms. The Morgan fingerprint density at radius 3 is 2.60 bits per heavy atom. The molecule has 1 heterocycles. The van der Waals surface area contributed by atoms with Gasteiger partial charge >= 0.3 is 0 Å². The molecule has 1 fully saturated rings. The lowest BCUT2D eigenvalue weighted by molar-refractivity contribution is -0.266. The van der Waals surface area contributed by atoms with Crippen LogP contribution in [-0.4, -0.2) is 22.5 Å². The molecule has 1 atom stereocenters. The quantitative estimate of drug-likeness (QED) is 0.768. The van der Waals surface area contributed by atoms with Crippen molar-refractivity contribution < 1.29 is 9.94 Å². The molecule has 0 bridgehead atoms. The Morgan fingerprint density at radius 1 is 1.33 bits per heavy atom. The second-order valence-corrected chi connectivity index (χ2v) is 4.61. The van der Waals surface area contributed by atoms with Gasteiger partial charge in [0.25, 0.3) is 0 Å². The van der Waals surface area contributed by atoms with Crippen LogP contribution in [0.1, 0.15) is 31.9 Å². The van der Waals surface area contributed by atoms with E-state index in [2.05, 4.69) is 12.1 Å². The molecule has 1 N–H and O–H groups in total. The number of hydroxylamine groups is 2. The lowest BCUT2D eigenvalue weighted by Gasteiger charge is -2.41. The standard InChI is InChI=1S/C12H17NO2/c1-12(2)8-11(15-9-13(12)14)10-6-4-3-5-7-10/h3-7,11,14H,8-9H2,1-2H3/t11-/m0/s1.